The Labute approximate surface area is 87.2 Å². The summed E-state index contributed by atoms with van der Waals surface area (Å²) in [6, 6.07) is 1.43. The van der Waals surface area contributed by atoms with Crippen molar-refractivity contribution in [3.8, 4) is 0 Å². The summed E-state index contributed by atoms with van der Waals surface area (Å²) in [4.78, 5) is 22.5. The van der Waals surface area contributed by atoms with Crippen LogP contribution in [0.4, 0.5) is 0 Å². The van der Waals surface area contributed by atoms with Gasteiger partial charge in [-0.05, 0) is 6.07 Å². The Bertz CT molecular complexity index is 366. The van der Waals surface area contributed by atoms with Crippen LogP contribution < -0.4 is 4.57 Å². The lowest BCUT2D eigenvalue weighted by Crippen LogP contribution is -2.30. The van der Waals surface area contributed by atoms with E-state index in [4.69, 9.17) is 0 Å². The van der Waals surface area contributed by atoms with E-state index >= 15 is 0 Å². The molecule has 15 heavy (non-hydrogen) atoms. The highest BCUT2D eigenvalue weighted by Crippen LogP contribution is 2.04. The first-order valence-electron chi connectivity index (χ1n) is 4.25. The second kappa shape index (κ2) is 4.54. The summed E-state index contributed by atoms with van der Waals surface area (Å²) >= 11 is 0. The molecular formula is C10H12NO4+. The molecule has 1 aromatic heterocycles. The molecule has 0 N–H and O–H groups in total. The number of carbonyl (C=O) groups is 2. The molecule has 1 heterocycles. The quantitative estimate of drug-likeness (QED) is 0.512. The summed E-state index contributed by atoms with van der Waals surface area (Å²) in [6.45, 7) is 0. The second-order valence-corrected chi connectivity index (χ2v) is 2.96. The van der Waals surface area contributed by atoms with E-state index in [1.807, 2.05) is 0 Å². The van der Waals surface area contributed by atoms with Crippen molar-refractivity contribution >= 4 is 11.9 Å². The highest BCUT2D eigenvalue weighted by molar-refractivity contribution is 5.94. The Morgan fingerprint density at radius 2 is 1.47 bits per heavy atom. The van der Waals surface area contributed by atoms with Gasteiger partial charge in [0.2, 0.25) is 0 Å². The molecule has 1 rings (SSSR count). The van der Waals surface area contributed by atoms with Crippen LogP contribution >= 0.6 is 0 Å². The highest BCUT2D eigenvalue weighted by Gasteiger charge is 2.16. The molecule has 0 aliphatic carbocycles. The fraction of sp³-hybridized carbons (Fsp3) is 0.300. The van der Waals surface area contributed by atoms with Crippen LogP contribution in [0.1, 0.15) is 20.7 Å². The van der Waals surface area contributed by atoms with E-state index < -0.39 is 11.9 Å². The average molecular weight is 210 g/mol. The van der Waals surface area contributed by atoms with E-state index in [1.54, 1.807) is 24.0 Å². The van der Waals surface area contributed by atoms with Gasteiger partial charge in [-0.1, -0.05) is 0 Å². The molecule has 5 heteroatoms. The zero-order valence-corrected chi connectivity index (χ0v) is 8.81. The van der Waals surface area contributed by atoms with Gasteiger partial charge in [-0.3, -0.25) is 0 Å². The lowest BCUT2D eigenvalue weighted by Gasteiger charge is -2.00. The number of methoxy groups -OCH3 is 2. The summed E-state index contributed by atoms with van der Waals surface area (Å²) in [6.07, 6.45) is 3.14. The van der Waals surface area contributed by atoms with Gasteiger partial charge in [-0.2, -0.15) is 0 Å². The van der Waals surface area contributed by atoms with E-state index in [1.165, 1.54) is 20.3 Å². The van der Waals surface area contributed by atoms with Gasteiger partial charge >= 0.3 is 11.9 Å². The molecule has 0 bridgehead atoms. The molecule has 0 aliphatic heterocycles. The van der Waals surface area contributed by atoms with E-state index in [9.17, 15) is 9.59 Å². The lowest BCUT2D eigenvalue weighted by atomic mass is 10.2. The highest BCUT2D eigenvalue weighted by atomic mass is 16.5. The van der Waals surface area contributed by atoms with E-state index in [2.05, 4.69) is 9.47 Å². The van der Waals surface area contributed by atoms with Crippen LogP contribution in [0, 0.1) is 0 Å². The minimum atomic E-state index is -0.489. The van der Waals surface area contributed by atoms with Crippen molar-refractivity contribution < 1.29 is 23.6 Å². The number of hydrogen-bond donors (Lipinski definition) is 0. The molecule has 0 atom stereocenters. The molecule has 0 aromatic carbocycles. The number of nitrogens with zero attached hydrogens (tertiary/aromatic N) is 1. The van der Waals surface area contributed by atoms with Crippen molar-refractivity contribution in [2.45, 2.75) is 0 Å². The summed E-state index contributed by atoms with van der Waals surface area (Å²) in [7, 11) is 4.28. The van der Waals surface area contributed by atoms with Gasteiger partial charge in [0.1, 0.15) is 18.2 Å². The zero-order valence-electron chi connectivity index (χ0n) is 8.81. The van der Waals surface area contributed by atoms with Crippen LogP contribution in [-0.4, -0.2) is 26.2 Å². The number of esters is 2. The number of ether oxygens (including phenoxy) is 2. The minimum absolute atomic E-state index is 0.308. The summed E-state index contributed by atoms with van der Waals surface area (Å²) in [5, 5.41) is 0. The lowest BCUT2D eigenvalue weighted by molar-refractivity contribution is -0.671. The molecule has 0 saturated heterocycles. The normalized spacial score (nSPS) is 9.53. The van der Waals surface area contributed by atoms with Crippen LogP contribution in [0.25, 0.3) is 0 Å². The van der Waals surface area contributed by atoms with E-state index in [0.717, 1.165) is 0 Å². The maximum Gasteiger partial charge on any atom is 0.343 e. The average Bonchev–Trinajstić information content (AvgIpc) is 2.26. The molecule has 0 unspecified atom stereocenters. The minimum Gasteiger partial charge on any atom is -0.465 e. The van der Waals surface area contributed by atoms with Gasteiger partial charge in [0.25, 0.3) is 0 Å². The first-order valence-corrected chi connectivity index (χ1v) is 4.25. The number of carbonyl (C=O) groups excluding carboxylic acids is 2. The van der Waals surface area contributed by atoms with Gasteiger partial charge in [0, 0.05) is 0 Å². The van der Waals surface area contributed by atoms with Gasteiger partial charge in [0.05, 0.1) is 14.2 Å². The van der Waals surface area contributed by atoms with Crippen molar-refractivity contribution in [3.63, 3.8) is 0 Å². The third-order valence-corrected chi connectivity index (χ3v) is 1.84. The Morgan fingerprint density at radius 1 is 1.07 bits per heavy atom. The van der Waals surface area contributed by atoms with Crippen molar-refractivity contribution in [1.82, 2.24) is 0 Å². The Kier molecular flexibility index (Phi) is 3.38. The van der Waals surface area contributed by atoms with E-state index in [0.29, 0.717) is 11.1 Å². The summed E-state index contributed by atoms with van der Waals surface area (Å²) < 4.78 is 10.7. The molecule has 0 aliphatic rings. The van der Waals surface area contributed by atoms with Crippen molar-refractivity contribution in [2.24, 2.45) is 7.05 Å². The molecule has 80 valence electrons. The number of hydrogen-bond acceptors (Lipinski definition) is 4. The van der Waals surface area contributed by atoms with Gasteiger partial charge in [0.15, 0.2) is 12.4 Å². The van der Waals surface area contributed by atoms with Crippen LogP contribution in [-0.2, 0) is 16.5 Å². The maximum atomic E-state index is 11.2. The SMILES string of the molecule is COC(=O)c1cc(C(=O)OC)c[n+](C)c1. The van der Waals surface area contributed by atoms with Crippen molar-refractivity contribution in [3.05, 3.63) is 29.6 Å². The third kappa shape index (κ3) is 2.52. The molecule has 5 nitrogen and oxygen atoms in total. The number of pyridine rings is 1. The molecule has 0 saturated carbocycles. The fourth-order valence-electron chi connectivity index (χ4n) is 1.18. The van der Waals surface area contributed by atoms with Crippen molar-refractivity contribution in [1.29, 1.82) is 0 Å². The number of aromatic nitrogens is 1. The zero-order chi connectivity index (χ0) is 11.4. The molecule has 0 amide bonds. The van der Waals surface area contributed by atoms with Crippen LogP contribution in [0.5, 0.6) is 0 Å². The fourth-order valence-corrected chi connectivity index (χ4v) is 1.18. The first kappa shape index (κ1) is 11.2. The predicted molar refractivity (Wildman–Crippen MR) is 50.3 cm³/mol. The van der Waals surface area contributed by atoms with Gasteiger partial charge < -0.3 is 9.47 Å². The maximum absolute atomic E-state index is 11.2. The van der Waals surface area contributed by atoms with E-state index in [-0.39, 0.29) is 0 Å². The van der Waals surface area contributed by atoms with Gasteiger partial charge in [-0.25, -0.2) is 14.2 Å². The smallest absolute Gasteiger partial charge is 0.343 e. The second-order valence-electron chi connectivity index (χ2n) is 2.96. The van der Waals surface area contributed by atoms with Crippen LogP contribution in [0.2, 0.25) is 0 Å². The van der Waals surface area contributed by atoms with Crippen molar-refractivity contribution in [2.75, 3.05) is 14.2 Å². The van der Waals surface area contributed by atoms with Crippen LogP contribution in [0.3, 0.4) is 0 Å². The van der Waals surface area contributed by atoms with Gasteiger partial charge in [-0.15, -0.1) is 0 Å². The standard InChI is InChI=1S/C10H12NO4/c1-11-5-7(9(12)14-2)4-8(6-11)10(13)15-3/h4-6H,1-3H3/q+1. The molecule has 0 spiro atoms. The number of aryl methyl sites for hydroxylation is 1. The number of rotatable bonds is 2. The Hall–Kier alpha value is -1.91. The summed E-state index contributed by atoms with van der Waals surface area (Å²) in [5.41, 5.74) is 0.616. The monoisotopic (exact) mass is 210 g/mol. The molecular weight excluding hydrogens is 198 g/mol. The third-order valence-electron chi connectivity index (χ3n) is 1.84. The Balaban J connectivity index is 3.16. The predicted octanol–water partition coefficient (Wildman–Crippen LogP) is 0.0843. The summed E-state index contributed by atoms with van der Waals surface area (Å²) in [5.74, 6) is -0.979. The topological polar surface area (TPSA) is 56.5 Å². The largest absolute Gasteiger partial charge is 0.465 e. The first-order chi connectivity index (χ1) is 7.08. The molecule has 1 aromatic rings. The van der Waals surface area contributed by atoms with Crippen LogP contribution in [0.15, 0.2) is 18.5 Å². The molecule has 0 radical (unpaired) electrons. The molecule has 0 fully saturated rings. The Morgan fingerprint density at radius 3 is 1.80 bits per heavy atom.